The molecule has 1 aromatic rings. The minimum atomic E-state index is 0.0264. The normalized spacial score (nSPS) is 12.2. The Labute approximate surface area is 91.7 Å². The highest BCUT2D eigenvalue weighted by atomic mass is 16.5. The molecule has 2 nitrogen and oxygen atoms in total. The van der Waals surface area contributed by atoms with Gasteiger partial charge in [-0.2, -0.15) is 0 Å². The maximum absolute atomic E-state index is 6.08. The molecule has 0 radical (unpaired) electrons. The van der Waals surface area contributed by atoms with Gasteiger partial charge in [-0.1, -0.05) is 18.2 Å². The first-order valence-electron chi connectivity index (χ1n) is 5.20. The van der Waals surface area contributed by atoms with E-state index in [2.05, 4.69) is 12.6 Å². The molecule has 0 bridgehead atoms. The second kappa shape index (κ2) is 5.56. The maximum atomic E-state index is 6.08. The molecule has 2 heteroatoms. The van der Waals surface area contributed by atoms with Crippen LogP contribution < -0.4 is 10.5 Å². The molecule has 0 aliphatic heterocycles. The third-order valence-electron chi connectivity index (χ3n) is 2.47. The lowest BCUT2D eigenvalue weighted by Crippen LogP contribution is -2.11. The summed E-state index contributed by atoms with van der Waals surface area (Å²) < 4.78 is 5.32. The van der Waals surface area contributed by atoms with E-state index in [1.54, 1.807) is 7.11 Å². The molecule has 1 atom stereocenters. The lowest BCUT2D eigenvalue weighted by molar-refractivity contribution is 0.404. The monoisotopic (exact) mass is 205 g/mol. The van der Waals surface area contributed by atoms with Crippen molar-refractivity contribution in [1.29, 1.82) is 0 Å². The summed E-state index contributed by atoms with van der Waals surface area (Å²) in [6.45, 7) is 5.74. The zero-order valence-electron chi connectivity index (χ0n) is 9.49. The molecule has 0 aliphatic carbocycles. The fourth-order valence-electron chi connectivity index (χ4n) is 1.58. The second-order valence-electron chi connectivity index (χ2n) is 3.72. The number of benzene rings is 1. The molecule has 0 aromatic heterocycles. The summed E-state index contributed by atoms with van der Waals surface area (Å²) in [5.41, 5.74) is 8.34. The zero-order valence-corrected chi connectivity index (χ0v) is 9.49. The third kappa shape index (κ3) is 3.10. The Balaban J connectivity index is 2.86. The van der Waals surface area contributed by atoms with Crippen LogP contribution in [0.5, 0.6) is 5.75 Å². The smallest absolute Gasteiger partial charge is 0.123 e. The van der Waals surface area contributed by atoms with Gasteiger partial charge in [-0.25, -0.2) is 0 Å². The molecule has 1 unspecified atom stereocenters. The van der Waals surface area contributed by atoms with Crippen LogP contribution in [0.3, 0.4) is 0 Å². The SMILES string of the molecule is C=CCCC(N)c1ccc(C)cc1OC. The first-order valence-corrected chi connectivity index (χ1v) is 5.20. The predicted octanol–water partition coefficient (Wildman–Crippen LogP) is 2.97. The van der Waals surface area contributed by atoms with Crippen molar-refractivity contribution in [3.63, 3.8) is 0 Å². The van der Waals surface area contributed by atoms with E-state index in [1.165, 1.54) is 5.56 Å². The standard InChI is InChI=1S/C13H19NO/c1-4-5-6-12(14)11-8-7-10(2)9-13(11)15-3/h4,7-9,12H,1,5-6,14H2,2-3H3. The molecule has 0 amide bonds. The van der Waals surface area contributed by atoms with Gasteiger partial charge in [0.15, 0.2) is 0 Å². The lowest BCUT2D eigenvalue weighted by Gasteiger charge is -2.15. The summed E-state index contributed by atoms with van der Waals surface area (Å²) in [5, 5.41) is 0. The van der Waals surface area contributed by atoms with Crippen molar-refractivity contribution in [1.82, 2.24) is 0 Å². The molecular formula is C13H19NO. The molecule has 2 N–H and O–H groups in total. The van der Waals surface area contributed by atoms with E-state index in [-0.39, 0.29) is 6.04 Å². The molecule has 0 heterocycles. The topological polar surface area (TPSA) is 35.2 Å². The van der Waals surface area contributed by atoms with Crippen molar-refractivity contribution in [2.24, 2.45) is 5.73 Å². The fraction of sp³-hybridized carbons (Fsp3) is 0.385. The van der Waals surface area contributed by atoms with Crippen molar-refractivity contribution in [2.75, 3.05) is 7.11 Å². The molecule has 82 valence electrons. The van der Waals surface area contributed by atoms with Crippen LogP contribution in [-0.4, -0.2) is 7.11 Å². The van der Waals surface area contributed by atoms with Crippen molar-refractivity contribution in [2.45, 2.75) is 25.8 Å². The minimum Gasteiger partial charge on any atom is -0.496 e. The Morgan fingerprint density at radius 3 is 2.87 bits per heavy atom. The Hall–Kier alpha value is -1.28. The van der Waals surface area contributed by atoms with E-state index in [9.17, 15) is 0 Å². The highest BCUT2D eigenvalue weighted by Gasteiger charge is 2.10. The van der Waals surface area contributed by atoms with E-state index >= 15 is 0 Å². The van der Waals surface area contributed by atoms with Crippen LogP contribution in [0.15, 0.2) is 30.9 Å². The summed E-state index contributed by atoms with van der Waals surface area (Å²) in [7, 11) is 1.68. The first-order chi connectivity index (χ1) is 7.19. The Bertz CT molecular complexity index is 333. The second-order valence-corrected chi connectivity index (χ2v) is 3.72. The maximum Gasteiger partial charge on any atom is 0.123 e. The van der Waals surface area contributed by atoms with E-state index in [1.807, 2.05) is 25.1 Å². The van der Waals surface area contributed by atoms with Crippen molar-refractivity contribution < 1.29 is 4.74 Å². The minimum absolute atomic E-state index is 0.0264. The molecule has 0 aliphatic rings. The van der Waals surface area contributed by atoms with Gasteiger partial charge in [0.25, 0.3) is 0 Å². The molecule has 0 spiro atoms. The van der Waals surface area contributed by atoms with Crippen LogP contribution in [0.2, 0.25) is 0 Å². The van der Waals surface area contributed by atoms with Gasteiger partial charge >= 0.3 is 0 Å². The Morgan fingerprint density at radius 2 is 2.27 bits per heavy atom. The number of methoxy groups -OCH3 is 1. The molecule has 0 saturated heterocycles. The van der Waals surface area contributed by atoms with E-state index < -0.39 is 0 Å². The number of hydrogen-bond donors (Lipinski definition) is 1. The van der Waals surface area contributed by atoms with Gasteiger partial charge in [-0.15, -0.1) is 6.58 Å². The Morgan fingerprint density at radius 1 is 1.53 bits per heavy atom. The number of hydrogen-bond acceptors (Lipinski definition) is 2. The van der Waals surface area contributed by atoms with E-state index in [4.69, 9.17) is 10.5 Å². The van der Waals surface area contributed by atoms with Gasteiger partial charge in [-0.3, -0.25) is 0 Å². The highest BCUT2D eigenvalue weighted by molar-refractivity contribution is 5.39. The number of aryl methyl sites for hydroxylation is 1. The zero-order chi connectivity index (χ0) is 11.3. The quantitative estimate of drug-likeness (QED) is 0.750. The van der Waals surface area contributed by atoms with Crippen LogP contribution in [-0.2, 0) is 0 Å². The van der Waals surface area contributed by atoms with Gasteiger partial charge in [-0.05, 0) is 31.4 Å². The van der Waals surface area contributed by atoms with Gasteiger partial charge in [0.1, 0.15) is 5.75 Å². The van der Waals surface area contributed by atoms with Gasteiger partial charge in [0.2, 0.25) is 0 Å². The van der Waals surface area contributed by atoms with Gasteiger partial charge in [0, 0.05) is 11.6 Å². The van der Waals surface area contributed by atoms with Crippen LogP contribution >= 0.6 is 0 Å². The lowest BCUT2D eigenvalue weighted by atomic mass is 10.0. The van der Waals surface area contributed by atoms with Crippen molar-refractivity contribution >= 4 is 0 Å². The van der Waals surface area contributed by atoms with Crippen molar-refractivity contribution in [3.05, 3.63) is 42.0 Å². The molecule has 0 fully saturated rings. The summed E-state index contributed by atoms with van der Waals surface area (Å²) in [5.74, 6) is 0.881. The molecule has 1 aromatic carbocycles. The predicted molar refractivity (Wildman–Crippen MR) is 64.1 cm³/mol. The number of nitrogens with two attached hydrogens (primary N) is 1. The largest absolute Gasteiger partial charge is 0.496 e. The number of ether oxygens (including phenoxy) is 1. The molecule has 0 saturated carbocycles. The summed E-state index contributed by atoms with van der Waals surface area (Å²) >= 11 is 0. The summed E-state index contributed by atoms with van der Waals surface area (Å²) in [6, 6.07) is 6.15. The van der Waals surface area contributed by atoms with Gasteiger partial charge < -0.3 is 10.5 Å². The highest BCUT2D eigenvalue weighted by Crippen LogP contribution is 2.27. The van der Waals surface area contributed by atoms with Gasteiger partial charge in [0.05, 0.1) is 7.11 Å². The van der Waals surface area contributed by atoms with Crippen LogP contribution in [0.1, 0.15) is 30.0 Å². The fourth-order valence-corrected chi connectivity index (χ4v) is 1.58. The first kappa shape index (κ1) is 11.8. The van der Waals surface area contributed by atoms with Crippen LogP contribution in [0.4, 0.5) is 0 Å². The molecule has 1 rings (SSSR count). The number of allylic oxidation sites excluding steroid dienone is 1. The average molecular weight is 205 g/mol. The summed E-state index contributed by atoms with van der Waals surface area (Å²) in [6.07, 6.45) is 3.72. The number of rotatable bonds is 5. The van der Waals surface area contributed by atoms with E-state index in [0.717, 1.165) is 24.2 Å². The van der Waals surface area contributed by atoms with Crippen molar-refractivity contribution in [3.8, 4) is 5.75 Å². The van der Waals surface area contributed by atoms with E-state index in [0.29, 0.717) is 0 Å². The Kier molecular flexibility index (Phi) is 4.37. The average Bonchev–Trinajstić information content (AvgIpc) is 2.25. The third-order valence-corrected chi connectivity index (χ3v) is 2.47. The molecular weight excluding hydrogens is 186 g/mol. The van der Waals surface area contributed by atoms with Crippen LogP contribution in [0.25, 0.3) is 0 Å². The summed E-state index contributed by atoms with van der Waals surface area (Å²) in [4.78, 5) is 0. The molecule has 15 heavy (non-hydrogen) atoms. The van der Waals surface area contributed by atoms with Crippen LogP contribution in [0, 0.1) is 6.92 Å².